The van der Waals surface area contributed by atoms with Gasteiger partial charge in [-0.05, 0) is 31.2 Å². The van der Waals surface area contributed by atoms with Crippen LogP contribution in [0.15, 0.2) is 53.7 Å². The number of hydrogen-bond acceptors (Lipinski definition) is 7. The Labute approximate surface area is 159 Å². The van der Waals surface area contributed by atoms with Crippen LogP contribution >= 0.6 is 11.3 Å². The van der Waals surface area contributed by atoms with E-state index in [9.17, 15) is 14.4 Å². The third-order valence-electron chi connectivity index (χ3n) is 3.37. The highest BCUT2D eigenvalue weighted by atomic mass is 32.1. The number of carbonyl (C=O) groups excluding carboxylic acids is 3. The van der Waals surface area contributed by atoms with E-state index < -0.39 is 17.8 Å². The van der Waals surface area contributed by atoms with Gasteiger partial charge in [0.2, 0.25) is 0 Å². The van der Waals surface area contributed by atoms with Crippen molar-refractivity contribution in [3.05, 3.63) is 59.4 Å². The number of hydrogen-bond donors (Lipinski definition) is 3. The van der Waals surface area contributed by atoms with Crippen LogP contribution < -0.4 is 16.4 Å². The molecule has 0 aliphatic carbocycles. The van der Waals surface area contributed by atoms with Crippen molar-refractivity contribution in [3.63, 3.8) is 0 Å². The molecule has 140 valence electrons. The first-order valence-corrected chi connectivity index (χ1v) is 8.61. The number of thiazole rings is 1. The number of aromatic nitrogens is 1. The summed E-state index contributed by atoms with van der Waals surface area (Å²) in [7, 11) is 1.17. The third-order valence-corrected chi connectivity index (χ3v) is 4.26. The minimum absolute atomic E-state index is 0.0490. The summed E-state index contributed by atoms with van der Waals surface area (Å²) in [5.41, 5.74) is 6.98. The van der Waals surface area contributed by atoms with Gasteiger partial charge in [0.25, 0.3) is 11.8 Å². The average Bonchev–Trinajstić information content (AvgIpc) is 3.15. The monoisotopic (exact) mass is 386 g/mol. The van der Waals surface area contributed by atoms with Gasteiger partial charge in [0, 0.05) is 16.6 Å². The lowest BCUT2D eigenvalue weighted by Gasteiger charge is -2.10. The number of benzene rings is 1. The summed E-state index contributed by atoms with van der Waals surface area (Å²) in [6, 6.07) is 7.10. The van der Waals surface area contributed by atoms with Crippen molar-refractivity contribution in [1.82, 2.24) is 15.6 Å². The van der Waals surface area contributed by atoms with Crippen molar-refractivity contribution in [2.75, 3.05) is 12.8 Å². The van der Waals surface area contributed by atoms with E-state index in [1.807, 2.05) is 0 Å². The Balaban J connectivity index is 2.07. The van der Waals surface area contributed by atoms with Crippen molar-refractivity contribution in [2.45, 2.75) is 6.92 Å². The molecule has 0 saturated carbocycles. The SMILES string of the molecule is C=C(NC(=O)/C(=C\C)NC(=O)c1csc(-c2ccc(N)cc2)n1)C(=O)OC. The summed E-state index contributed by atoms with van der Waals surface area (Å²) in [5, 5.41) is 6.94. The van der Waals surface area contributed by atoms with Gasteiger partial charge in [0.15, 0.2) is 0 Å². The van der Waals surface area contributed by atoms with Crippen LogP contribution in [-0.2, 0) is 14.3 Å². The molecule has 0 bridgehead atoms. The molecule has 4 N–H and O–H groups in total. The molecular weight excluding hydrogens is 368 g/mol. The first-order valence-electron chi connectivity index (χ1n) is 7.73. The number of nitrogens with two attached hydrogens (primary N) is 1. The van der Waals surface area contributed by atoms with Crippen LogP contribution in [0.25, 0.3) is 10.6 Å². The molecule has 2 amide bonds. The highest BCUT2D eigenvalue weighted by Crippen LogP contribution is 2.24. The maximum absolute atomic E-state index is 12.4. The molecule has 0 spiro atoms. The number of anilines is 1. The first-order chi connectivity index (χ1) is 12.8. The van der Waals surface area contributed by atoms with Crippen LogP contribution in [0.2, 0.25) is 0 Å². The lowest BCUT2D eigenvalue weighted by Crippen LogP contribution is -2.36. The highest BCUT2D eigenvalue weighted by Gasteiger charge is 2.18. The lowest BCUT2D eigenvalue weighted by molar-refractivity contribution is -0.137. The number of ether oxygens (including phenoxy) is 1. The number of nitrogens with zero attached hydrogens (tertiary/aromatic N) is 1. The number of rotatable bonds is 6. The van der Waals surface area contributed by atoms with E-state index in [1.165, 1.54) is 24.5 Å². The van der Waals surface area contributed by atoms with Gasteiger partial charge in [0.05, 0.1) is 7.11 Å². The van der Waals surface area contributed by atoms with Crippen molar-refractivity contribution >= 4 is 34.8 Å². The van der Waals surface area contributed by atoms with E-state index in [2.05, 4.69) is 26.9 Å². The van der Waals surface area contributed by atoms with Gasteiger partial charge in [-0.2, -0.15) is 0 Å². The zero-order chi connectivity index (χ0) is 20.0. The standard InChI is InChI=1S/C18H18N4O4S/c1-4-13(15(23)20-10(2)18(25)26-3)21-16(24)14-9-27-17(22-14)11-5-7-12(19)8-6-11/h4-9H,2,19H2,1,3H3,(H,20,23)(H,21,24)/b13-4+. The van der Waals surface area contributed by atoms with Crippen molar-refractivity contribution in [3.8, 4) is 10.6 Å². The number of nitrogen functional groups attached to an aromatic ring is 1. The fourth-order valence-electron chi connectivity index (χ4n) is 1.96. The number of carbonyl (C=O) groups is 3. The Morgan fingerprint density at radius 3 is 2.48 bits per heavy atom. The van der Waals surface area contributed by atoms with Gasteiger partial charge in [-0.25, -0.2) is 9.78 Å². The molecule has 1 aromatic heterocycles. The summed E-state index contributed by atoms with van der Waals surface area (Å²) < 4.78 is 4.45. The minimum atomic E-state index is -0.780. The van der Waals surface area contributed by atoms with Gasteiger partial charge in [-0.3, -0.25) is 9.59 Å². The Morgan fingerprint density at radius 1 is 1.22 bits per heavy atom. The number of nitrogens with one attached hydrogen (secondary N) is 2. The topological polar surface area (TPSA) is 123 Å². The second kappa shape index (κ2) is 8.77. The number of amides is 2. The second-order valence-corrected chi connectivity index (χ2v) is 6.10. The van der Waals surface area contributed by atoms with Crippen molar-refractivity contribution in [2.24, 2.45) is 0 Å². The van der Waals surface area contributed by atoms with Crippen molar-refractivity contribution < 1.29 is 19.1 Å². The molecule has 0 fully saturated rings. The van der Waals surface area contributed by atoms with Gasteiger partial charge in [0.1, 0.15) is 22.1 Å². The molecule has 0 atom stereocenters. The van der Waals surface area contributed by atoms with E-state index in [0.29, 0.717) is 10.7 Å². The van der Waals surface area contributed by atoms with Crippen LogP contribution in [0.1, 0.15) is 17.4 Å². The van der Waals surface area contributed by atoms with Crippen LogP contribution in [-0.4, -0.2) is 29.9 Å². The molecule has 0 radical (unpaired) electrons. The van der Waals surface area contributed by atoms with Crippen LogP contribution in [0.4, 0.5) is 5.69 Å². The Morgan fingerprint density at radius 2 is 1.89 bits per heavy atom. The normalized spacial score (nSPS) is 10.8. The fraction of sp³-hybridized carbons (Fsp3) is 0.111. The van der Waals surface area contributed by atoms with Gasteiger partial charge in [-0.1, -0.05) is 12.7 Å². The zero-order valence-corrected chi connectivity index (χ0v) is 15.6. The van der Waals surface area contributed by atoms with Gasteiger partial charge in [-0.15, -0.1) is 11.3 Å². The van der Waals surface area contributed by atoms with Crippen LogP contribution in [0.5, 0.6) is 0 Å². The van der Waals surface area contributed by atoms with E-state index in [4.69, 9.17) is 5.73 Å². The smallest absolute Gasteiger partial charge is 0.353 e. The molecule has 1 heterocycles. The molecule has 0 aliphatic heterocycles. The van der Waals surface area contributed by atoms with Crippen molar-refractivity contribution in [1.29, 1.82) is 0 Å². The Kier molecular flexibility index (Phi) is 6.45. The Bertz CT molecular complexity index is 916. The molecule has 1 aromatic carbocycles. The molecule has 2 aromatic rings. The molecule has 2 rings (SSSR count). The molecule has 9 heteroatoms. The largest absolute Gasteiger partial charge is 0.464 e. The predicted octanol–water partition coefficient (Wildman–Crippen LogP) is 1.83. The molecule has 0 aliphatic rings. The fourth-order valence-corrected chi connectivity index (χ4v) is 2.77. The summed E-state index contributed by atoms with van der Waals surface area (Å²) in [6.07, 6.45) is 1.39. The molecule has 0 saturated heterocycles. The van der Waals surface area contributed by atoms with E-state index in [1.54, 1.807) is 36.6 Å². The zero-order valence-electron chi connectivity index (χ0n) is 14.7. The predicted molar refractivity (Wildman–Crippen MR) is 102 cm³/mol. The summed E-state index contributed by atoms with van der Waals surface area (Å²) in [6.45, 7) is 4.96. The van der Waals surface area contributed by atoms with Gasteiger partial charge >= 0.3 is 5.97 Å². The summed E-state index contributed by atoms with van der Waals surface area (Å²) >= 11 is 1.29. The maximum atomic E-state index is 12.4. The molecule has 27 heavy (non-hydrogen) atoms. The Hall–Kier alpha value is -3.46. The second-order valence-electron chi connectivity index (χ2n) is 5.24. The maximum Gasteiger partial charge on any atom is 0.353 e. The summed E-state index contributed by atoms with van der Waals surface area (Å²) in [5.74, 6) is -2.03. The number of methoxy groups -OCH3 is 1. The quantitative estimate of drug-likeness (QED) is 0.395. The third kappa shape index (κ3) is 5.02. The van der Waals surface area contributed by atoms with E-state index in [0.717, 1.165) is 5.56 Å². The first kappa shape index (κ1) is 19.9. The van der Waals surface area contributed by atoms with E-state index in [-0.39, 0.29) is 17.1 Å². The number of allylic oxidation sites excluding steroid dienone is 1. The number of esters is 1. The molecule has 0 unspecified atom stereocenters. The van der Waals surface area contributed by atoms with E-state index >= 15 is 0 Å². The lowest BCUT2D eigenvalue weighted by atomic mass is 10.2. The highest BCUT2D eigenvalue weighted by molar-refractivity contribution is 7.13. The van der Waals surface area contributed by atoms with Crippen LogP contribution in [0, 0.1) is 0 Å². The molecular formula is C18H18N4O4S. The molecule has 8 nitrogen and oxygen atoms in total. The summed E-state index contributed by atoms with van der Waals surface area (Å²) in [4.78, 5) is 40.1. The average molecular weight is 386 g/mol. The van der Waals surface area contributed by atoms with Crippen LogP contribution in [0.3, 0.4) is 0 Å². The minimum Gasteiger partial charge on any atom is -0.464 e. The van der Waals surface area contributed by atoms with Gasteiger partial charge < -0.3 is 21.1 Å².